The van der Waals surface area contributed by atoms with Crippen LogP contribution in [0.1, 0.15) is 0 Å². The maximum absolute atomic E-state index is 14.7. The van der Waals surface area contributed by atoms with Crippen LogP contribution < -0.4 is 4.90 Å². The number of pyridine rings is 3. The second kappa shape index (κ2) is 9.80. The average Bonchev–Trinajstić information content (AvgIpc) is 2.94. The van der Waals surface area contributed by atoms with E-state index < -0.39 is 5.82 Å². The van der Waals surface area contributed by atoms with Crippen molar-refractivity contribution in [2.45, 2.75) is 0 Å². The van der Waals surface area contributed by atoms with Crippen molar-refractivity contribution in [3.63, 3.8) is 0 Å². The number of rotatable bonds is 4. The second-order valence-electron chi connectivity index (χ2n) is 9.07. The molecule has 1 saturated heterocycles. The van der Waals surface area contributed by atoms with Crippen LogP contribution in [0, 0.1) is 5.82 Å². The standard InChI is InChI=1S/C28H23ClFN7/c1-36-7-9-37(10-8-36)27-14-25(33-17-34-27)19-11-18(15-31-16-19)22-13-26(23-12-20(29)4-5-24(23)30)35-28-21(22)3-2-6-32-28/h2-6,11-17H,7-10H2,1H3. The lowest BCUT2D eigenvalue weighted by Gasteiger charge is -2.33. The molecule has 0 saturated carbocycles. The molecule has 0 bridgehead atoms. The molecule has 9 heteroatoms. The van der Waals surface area contributed by atoms with E-state index in [4.69, 9.17) is 11.6 Å². The van der Waals surface area contributed by atoms with Crippen LogP contribution in [0.3, 0.4) is 0 Å². The van der Waals surface area contributed by atoms with Crippen LogP contribution in [0.2, 0.25) is 5.02 Å². The Hall–Kier alpha value is -4.01. The predicted octanol–water partition coefficient (Wildman–Crippen LogP) is 5.36. The summed E-state index contributed by atoms with van der Waals surface area (Å²) in [5, 5.41) is 1.28. The Balaban J connectivity index is 1.44. The lowest BCUT2D eigenvalue weighted by atomic mass is 9.99. The highest BCUT2D eigenvalue weighted by atomic mass is 35.5. The summed E-state index contributed by atoms with van der Waals surface area (Å²) >= 11 is 6.17. The molecule has 1 aliphatic heterocycles. The highest BCUT2D eigenvalue weighted by Crippen LogP contribution is 2.34. The van der Waals surface area contributed by atoms with Crippen molar-refractivity contribution >= 4 is 28.5 Å². The first kappa shape index (κ1) is 23.4. The third-order valence-corrected chi connectivity index (χ3v) is 6.85. The topological polar surface area (TPSA) is 70.9 Å². The molecule has 1 aliphatic rings. The summed E-state index contributed by atoms with van der Waals surface area (Å²) in [5.41, 5.74) is 4.62. The van der Waals surface area contributed by atoms with E-state index in [-0.39, 0.29) is 0 Å². The fourth-order valence-electron chi connectivity index (χ4n) is 4.57. The Bertz CT molecular complexity index is 1600. The Kier molecular flexibility index (Phi) is 6.20. The molecular weight excluding hydrogens is 489 g/mol. The van der Waals surface area contributed by atoms with E-state index in [1.54, 1.807) is 31.0 Å². The third-order valence-electron chi connectivity index (χ3n) is 6.61. The molecular formula is C28H23ClFN7. The molecule has 0 spiro atoms. The molecule has 1 fully saturated rings. The molecule has 1 aromatic carbocycles. The van der Waals surface area contributed by atoms with Crippen LogP contribution in [0.15, 0.2) is 73.4 Å². The van der Waals surface area contributed by atoms with Crippen molar-refractivity contribution in [3.05, 3.63) is 84.3 Å². The number of likely N-dealkylation sites (N-methyl/N-ethyl adjacent to an activating group) is 1. The minimum atomic E-state index is -0.401. The van der Waals surface area contributed by atoms with Gasteiger partial charge in [0.15, 0.2) is 5.65 Å². The molecule has 5 heterocycles. The molecule has 184 valence electrons. The van der Waals surface area contributed by atoms with Gasteiger partial charge < -0.3 is 9.80 Å². The van der Waals surface area contributed by atoms with Gasteiger partial charge in [0, 0.05) is 77.9 Å². The van der Waals surface area contributed by atoms with Gasteiger partial charge in [-0.2, -0.15) is 0 Å². The molecule has 4 aromatic heterocycles. The average molecular weight is 512 g/mol. The highest BCUT2D eigenvalue weighted by Gasteiger charge is 2.17. The number of anilines is 1. The van der Waals surface area contributed by atoms with Gasteiger partial charge in [-0.1, -0.05) is 11.6 Å². The van der Waals surface area contributed by atoms with Crippen LogP contribution in [0.4, 0.5) is 10.2 Å². The van der Waals surface area contributed by atoms with E-state index in [9.17, 15) is 4.39 Å². The van der Waals surface area contributed by atoms with Crippen molar-refractivity contribution < 1.29 is 4.39 Å². The van der Waals surface area contributed by atoms with Gasteiger partial charge in [-0.15, -0.1) is 0 Å². The van der Waals surface area contributed by atoms with Gasteiger partial charge in [0.05, 0.1) is 11.4 Å². The van der Waals surface area contributed by atoms with Gasteiger partial charge >= 0.3 is 0 Å². The maximum atomic E-state index is 14.7. The summed E-state index contributed by atoms with van der Waals surface area (Å²) in [6, 6.07) is 14.1. The molecule has 0 N–H and O–H groups in total. The van der Waals surface area contributed by atoms with E-state index >= 15 is 0 Å². The zero-order valence-electron chi connectivity index (χ0n) is 20.1. The van der Waals surface area contributed by atoms with Crippen LogP contribution in [0.5, 0.6) is 0 Å². The molecule has 0 radical (unpaired) electrons. The Morgan fingerprint density at radius 1 is 0.838 bits per heavy atom. The Morgan fingerprint density at radius 3 is 2.54 bits per heavy atom. The van der Waals surface area contributed by atoms with Gasteiger partial charge in [-0.05, 0) is 55.1 Å². The van der Waals surface area contributed by atoms with Crippen molar-refractivity contribution in [3.8, 4) is 33.6 Å². The van der Waals surface area contributed by atoms with Gasteiger partial charge in [0.25, 0.3) is 0 Å². The smallest absolute Gasteiger partial charge is 0.160 e. The first-order valence-electron chi connectivity index (χ1n) is 12.0. The summed E-state index contributed by atoms with van der Waals surface area (Å²) in [4.78, 5) is 27.2. The monoisotopic (exact) mass is 511 g/mol. The number of hydrogen-bond donors (Lipinski definition) is 0. The first-order valence-corrected chi connectivity index (χ1v) is 12.4. The molecule has 5 aromatic rings. The molecule has 37 heavy (non-hydrogen) atoms. The fourth-order valence-corrected chi connectivity index (χ4v) is 4.74. The van der Waals surface area contributed by atoms with Crippen LogP contribution >= 0.6 is 11.6 Å². The van der Waals surface area contributed by atoms with Gasteiger partial charge in [0.1, 0.15) is 18.0 Å². The van der Waals surface area contributed by atoms with E-state index in [1.807, 2.05) is 30.3 Å². The SMILES string of the molecule is CN1CCN(c2cc(-c3cncc(-c4cc(-c5cc(Cl)ccc5F)nc5ncccc45)c3)ncn2)CC1. The molecule has 6 rings (SSSR count). The molecule has 0 aliphatic carbocycles. The third kappa shape index (κ3) is 4.73. The minimum Gasteiger partial charge on any atom is -0.354 e. The summed E-state index contributed by atoms with van der Waals surface area (Å²) < 4.78 is 14.7. The van der Waals surface area contributed by atoms with E-state index in [0.29, 0.717) is 21.9 Å². The van der Waals surface area contributed by atoms with Crippen molar-refractivity contribution in [2.75, 3.05) is 38.1 Å². The number of aromatic nitrogens is 5. The van der Waals surface area contributed by atoms with Crippen LogP contribution in [-0.4, -0.2) is 63.0 Å². The lowest BCUT2D eigenvalue weighted by molar-refractivity contribution is 0.312. The van der Waals surface area contributed by atoms with Gasteiger partial charge in [-0.25, -0.2) is 24.3 Å². The summed E-state index contributed by atoms with van der Waals surface area (Å²) in [6.07, 6.45) is 6.85. The predicted molar refractivity (Wildman–Crippen MR) is 144 cm³/mol. The highest BCUT2D eigenvalue weighted by molar-refractivity contribution is 6.30. The van der Waals surface area contributed by atoms with Crippen molar-refractivity contribution in [2.24, 2.45) is 0 Å². The van der Waals surface area contributed by atoms with Crippen molar-refractivity contribution in [1.29, 1.82) is 0 Å². The number of nitrogens with zero attached hydrogens (tertiary/aromatic N) is 7. The largest absolute Gasteiger partial charge is 0.354 e. The molecule has 7 nitrogen and oxygen atoms in total. The molecule has 0 atom stereocenters. The van der Waals surface area contributed by atoms with E-state index in [0.717, 1.165) is 59.8 Å². The fraction of sp³-hybridized carbons (Fsp3) is 0.179. The number of benzene rings is 1. The lowest BCUT2D eigenvalue weighted by Crippen LogP contribution is -2.44. The molecule has 0 amide bonds. The molecule has 0 unspecified atom stereocenters. The number of fused-ring (bicyclic) bond motifs is 1. The second-order valence-corrected chi connectivity index (χ2v) is 9.50. The summed E-state index contributed by atoms with van der Waals surface area (Å²) in [5.74, 6) is 0.503. The summed E-state index contributed by atoms with van der Waals surface area (Å²) in [7, 11) is 2.13. The number of hydrogen-bond acceptors (Lipinski definition) is 7. The zero-order chi connectivity index (χ0) is 25.4. The van der Waals surface area contributed by atoms with Gasteiger partial charge in [-0.3, -0.25) is 4.98 Å². The van der Waals surface area contributed by atoms with E-state index in [1.165, 1.54) is 12.1 Å². The van der Waals surface area contributed by atoms with Crippen molar-refractivity contribution in [1.82, 2.24) is 29.8 Å². The van der Waals surface area contributed by atoms with Gasteiger partial charge in [0.2, 0.25) is 0 Å². The van der Waals surface area contributed by atoms with Crippen LogP contribution in [-0.2, 0) is 0 Å². The Morgan fingerprint density at radius 2 is 1.68 bits per heavy atom. The quantitative estimate of drug-likeness (QED) is 0.321. The maximum Gasteiger partial charge on any atom is 0.160 e. The number of halogens is 2. The van der Waals surface area contributed by atoms with Crippen LogP contribution in [0.25, 0.3) is 44.7 Å². The minimum absolute atomic E-state index is 0.318. The zero-order valence-corrected chi connectivity index (χ0v) is 20.9. The van der Waals surface area contributed by atoms with E-state index in [2.05, 4.69) is 41.8 Å². The number of piperazine rings is 1. The summed E-state index contributed by atoms with van der Waals surface area (Å²) in [6.45, 7) is 3.83. The normalized spacial score (nSPS) is 14.3. The Labute approximate surface area is 218 Å². The first-order chi connectivity index (χ1) is 18.0.